The van der Waals surface area contributed by atoms with Crippen LogP contribution in [0.3, 0.4) is 0 Å². The second-order valence-corrected chi connectivity index (χ2v) is 4.80. The highest BCUT2D eigenvalue weighted by Crippen LogP contribution is 2.20. The number of alkyl halides is 1. The molecule has 0 aliphatic carbocycles. The molecule has 0 spiro atoms. The van der Waals surface area contributed by atoms with Crippen molar-refractivity contribution < 1.29 is 4.79 Å². The molecule has 1 unspecified atom stereocenters. The zero-order valence-corrected chi connectivity index (χ0v) is 11.0. The van der Waals surface area contributed by atoms with Crippen LogP contribution in [-0.4, -0.2) is 17.8 Å². The van der Waals surface area contributed by atoms with Gasteiger partial charge in [-0.3, -0.25) is 4.79 Å². The SMILES string of the molecule is CCC(Cl)CNC(=O)c1cc(Cl)ccc1Cl. The highest BCUT2D eigenvalue weighted by atomic mass is 35.5. The molecule has 1 aromatic rings. The van der Waals surface area contributed by atoms with Gasteiger partial charge in [0.2, 0.25) is 0 Å². The van der Waals surface area contributed by atoms with Crippen LogP contribution >= 0.6 is 34.8 Å². The fraction of sp³-hybridized carbons (Fsp3) is 0.364. The van der Waals surface area contributed by atoms with Gasteiger partial charge in [0, 0.05) is 11.6 Å². The van der Waals surface area contributed by atoms with Crippen molar-refractivity contribution in [1.29, 1.82) is 0 Å². The summed E-state index contributed by atoms with van der Waals surface area (Å²) >= 11 is 17.6. The molecule has 0 bridgehead atoms. The van der Waals surface area contributed by atoms with Gasteiger partial charge in [0.1, 0.15) is 0 Å². The molecular formula is C11H12Cl3NO. The average molecular weight is 281 g/mol. The summed E-state index contributed by atoms with van der Waals surface area (Å²) in [6.45, 7) is 2.37. The van der Waals surface area contributed by atoms with Crippen molar-refractivity contribution in [2.75, 3.05) is 6.54 Å². The number of hydrogen-bond donors (Lipinski definition) is 1. The van der Waals surface area contributed by atoms with Crippen molar-refractivity contribution in [1.82, 2.24) is 5.32 Å². The van der Waals surface area contributed by atoms with Gasteiger partial charge in [0.15, 0.2) is 0 Å². The summed E-state index contributed by atoms with van der Waals surface area (Å²) in [6.07, 6.45) is 0.797. The van der Waals surface area contributed by atoms with Crippen LogP contribution in [0.5, 0.6) is 0 Å². The van der Waals surface area contributed by atoms with Crippen LogP contribution in [0.2, 0.25) is 10.0 Å². The fourth-order valence-corrected chi connectivity index (χ4v) is 1.57. The third-order valence-corrected chi connectivity index (χ3v) is 3.13. The van der Waals surface area contributed by atoms with E-state index in [9.17, 15) is 4.79 Å². The molecule has 1 rings (SSSR count). The van der Waals surface area contributed by atoms with Crippen molar-refractivity contribution in [3.8, 4) is 0 Å². The van der Waals surface area contributed by atoms with E-state index >= 15 is 0 Å². The molecule has 88 valence electrons. The summed E-state index contributed by atoms with van der Waals surface area (Å²) in [5.74, 6) is -0.258. The Balaban J connectivity index is 2.69. The van der Waals surface area contributed by atoms with Crippen molar-refractivity contribution in [3.63, 3.8) is 0 Å². The molecular weight excluding hydrogens is 268 g/mol. The monoisotopic (exact) mass is 279 g/mol. The molecule has 0 saturated heterocycles. The lowest BCUT2D eigenvalue weighted by molar-refractivity contribution is 0.0953. The van der Waals surface area contributed by atoms with E-state index in [-0.39, 0.29) is 11.3 Å². The number of halogens is 3. The Bertz CT molecular complexity index is 381. The van der Waals surface area contributed by atoms with Crippen LogP contribution < -0.4 is 5.32 Å². The van der Waals surface area contributed by atoms with Gasteiger partial charge in [-0.05, 0) is 24.6 Å². The number of amides is 1. The van der Waals surface area contributed by atoms with E-state index in [1.807, 2.05) is 6.92 Å². The van der Waals surface area contributed by atoms with E-state index < -0.39 is 0 Å². The molecule has 0 heterocycles. The van der Waals surface area contributed by atoms with E-state index in [0.717, 1.165) is 6.42 Å². The van der Waals surface area contributed by atoms with E-state index in [4.69, 9.17) is 34.8 Å². The first-order valence-electron chi connectivity index (χ1n) is 4.92. The average Bonchev–Trinajstić information content (AvgIpc) is 2.28. The number of carbonyl (C=O) groups excluding carboxylic acids is 1. The van der Waals surface area contributed by atoms with Crippen molar-refractivity contribution in [3.05, 3.63) is 33.8 Å². The molecule has 0 aliphatic heterocycles. The lowest BCUT2D eigenvalue weighted by atomic mass is 10.2. The Morgan fingerprint density at radius 2 is 2.12 bits per heavy atom. The topological polar surface area (TPSA) is 29.1 Å². The number of rotatable bonds is 4. The molecule has 1 N–H and O–H groups in total. The van der Waals surface area contributed by atoms with Gasteiger partial charge in [0.25, 0.3) is 5.91 Å². The Hall–Kier alpha value is -0.440. The third-order valence-electron chi connectivity index (χ3n) is 2.10. The van der Waals surface area contributed by atoms with Crippen LogP contribution in [-0.2, 0) is 0 Å². The lowest BCUT2D eigenvalue weighted by Crippen LogP contribution is -2.29. The zero-order chi connectivity index (χ0) is 12.1. The first kappa shape index (κ1) is 13.6. The third kappa shape index (κ3) is 3.85. The van der Waals surface area contributed by atoms with Gasteiger partial charge in [-0.2, -0.15) is 0 Å². The zero-order valence-electron chi connectivity index (χ0n) is 8.77. The first-order valence-corrected chi connectivity index (χ1v) is 6.11. The van der Waals surface area contributed by atoms with Gasteiger partial charge in [-0.15, -0.1) is 11.6 Å². The van der Waals surface area contributed by atoms with Gasteiger partial charge < -0.3 is 5.32 Å². The summed E-state index contributed by atoms with van der Waals surface area (Å²) in [6, 6.07) is 4.77. The first-order chi connectivity index (χ1) is 7.54. The minimum atomic E-state index is -0.258. The van der Waals surface area contributed by atoms with Crippen LogP contribution in [0, 0.1) is 0 Å². The molecule has 0 saturated carbocycles. The second-order valence-electron chi connectivity index (χ2n) is 3.34. The maximum Gasteiger partial charge on any atom is 0.252 e. The van der Waals surface area contributed by atoms with E-state index in [1.165, 1.54) is 6.07 Å². The van der Waals surface area contributed by atoms with Crippen LogP contribution in [0.15, 0.2) is 18.2 Å². The van der Waals surface area contributed by atoms with Crippen molar-refractivity contribution >= 4 is 40.7 Å². The van der Waals surface area contributed by atoms with Gasteiger partial charge in [0.05, 0.1) is 16.0 Å². The predicted molar refractivity (Wildman–Crippen MR) is 68.7 cm³/mol. The van der Waals surface area contributed by atoms with Crippen LogP contribution in [0.4, 0.5) is 0 Å². The van der Waals surface area contributed by atoms with Gasteiger partial charge in [-0.25, -0.2) is 0 Å². The maximum absolute atomic E-state index is 11.7. The Kier molecular flexibility index (Phi) is 5.39. The quantitative estimate of drug-likeness (QED) is 0.836. The molecule has 5 heteroatoms. The van der Waals surface area contributed by atoms with E-state index in [2.05, 4.69) is 5.32 Å². The normalized spacial score (nSPS) is 12.2. The molecule has 16 heavy (non-hydrogen) atoms. The molecule has 1 aromatic carbocycles. The second kappa shape index (κ2) is 6.33. The summed E-state index contributed by atoms with van der Waals surface area (Å²) < 4.78 is 0. The number of benzene rings is 1. The summed E-state index contributed by atoms with van der Waals surface area (Å²) in [4.78, 5) is 11.7. The lowest BCUT2D eigenvalue weighted by Gasteiger charge is -2.09. The fourth-order valence-electron chi connectivity index (χ4n) is 1.11. The summed E-state index contributed by atoms with van der Waals surface area (Å²) in [5.41, 5.74) is 0.370. The van der Waals surface area contributed by atoms with E-state index in [1.54, 1.807) is 12.1 Å². The van der Waals surface area contributed by atoms with Gasteiger partial charge >= 0.3 is 0 Å². The number of nitrogens with one attached hydrogen (secondary N) is 1. The Morgan fingerprint density at radius 1 is 1.44 bits per heavy atom. The minimum Gasteiger partial charge on any atom is -0.351 e. The molecule has 0 aromatic heterocycles. The van der Waals surface area contributed by atoms with Crippen molar-refractivity contribution in [2.45, 2.75) is 18.7 Å². The minimum absolute atomic E-state index is 0.0677. The van der Waals surface area contributed by atoms with E-state index in [0.29, 0.717) is 22.2 Å². The Morgan fingerprint density at radius 3 is 2.75 bits per heavy atom. The molecule has 0 radical (unpaired) electrons. The van der Waals surface area contributed by atoms with Crippen molar-refractivity contribution in [2.24, 2.45) is 0 Å². The highest BCUT2D eigenvalue weighted by molar-refractivity contribution is 6.35. The van der Waals surface area contributed by atoms with Crippen LogP contribution in [0.25, 0.3) is 0 Å². The van der Waals surface area contributed by atoms with Crippen LogP contribution in [0.1, 0.15) is 23.7 Å². The molecule has 1 amide bonds. The summed E-state index contributed by atoms with van der Waals surface area (Å²) in [5, 5.41) is 3.49. The highest BCUT2D eigenvalue weighted by Gasteiger charge is 2.11. The summed E-state index contributed by atoms with van der Waals surface area (Å²) in [7, 11) is 0. The molecule has 2 nitrogen and oxygen atoms in total. The smallest absolute Gasteiger partial charge is 0.252 e. The largest absolute Gasteiger partial charge is 0.351 e. The predicted octanol–water partition coefficient (Wildman–Crippen LogP) is 3.74. The Labute approximate surface area is 110 Å². The van der Waals surface area contributed by atoms with Gasteiger partial charge in [-0.1, -0.05) is 30.1 Å². The maximum atomic E-state index is 11.7. The molecule has 1 atom stereocenters. The number of hydrogen-bond acceptors (Lipinski definition) is 1. The standard InChI is InChI=1S/C11H12Cl3NO/c1-2-7(12)6-15-11(16)9-5-8(13)3-4-10(9)14/h3-5,7H,2,6H2,1H3,(H,15,16). The molecule has 0 aliphatic rings. The number of carbonyl (C=O) groups is 1. The molecule has 0 fully saturated rings.